The molecule has 1 aromatic carbocycles. The van der Waals surface area contributed by atoms with Crippen molar-refractivity contribution in [1.82, 2.24) is 4.90 Å². The number of esters is 1. The van der Waals surface area contributed by atoms with Crippen LogP contribution < -0.4 is 0 Å². The lowest BCUT2D eigenvalue weighted by Crippen LogP contribution is -2.61. The van der Waals surface area contributed by atoms with Crippen molar-refractivity contribution in [2.45, 2.75) is 32.0 Å². The fraction of sp³-hybridized carbons (Fsp3) is 0.294. The Balaban J connectivity index is 1.87. The number of rotatable bonds is 4. The van der Waals surface area contributed by atoms with Gasteiger partial charge in [0.25, 0.3) is 0 Å². The van der Waals surface area contributed by atoms with Gasteiger partial charge in [-0.1, -0.05) is 30.3 Å². The highest BCUT2D eigenvalue weighted by Gasteiger charge is 2.53. The quantitative estimate of drug-likeness (QED) is 0.643. The summed E-state index contributed by atoms with van der Waals surface area (Å²) in [6.07, 6.45) is 2.43. The third kappa shape index (κ3) is 2.39. The predicted octanol–water partition coefficient (Wildman–Crippen LogP) is 2.86. The Bertz CT molecular complexity index is 665. The molecule has 3 rings (SSSR count). The molecule has 3 atom stereocenters. The predicted molar refractivity (Wildman–Crippen MR) is 78.7 cm³/mol. The van der Waals surface area contributed by atoms with E-state index in [2.05, 4.69) is 0 Å². The minimum absolute atomic E-state index is 0.0657. The van der Waals surface area contributed by atoms with Crippen LogP contribution in [-0.4, -0.2) is 23.0 Å². The molecule has 5 nitrogen and oxygen atoms in total. The zero-order valence-electron chi connectivity index (χ0n) is 12.4. The topological polar surface area (TPSA) is 59.8 Å². The number of amides is 1. The SMILES string of the molecule is CC(=O)OC1C(c2ccoc2)C(=O)N1C(C)c1ccccc1. The lowest BCUT2D eigenvalue weighted by Gasteiger charge is -2.48. The molecule has 0 spiro atoms. The summed E-state index contributed by atoms with van der Waals surface area (Å²) in [6, 6.07) is 11.2. The van der Waals surface area contributed by atoms with E-state index in [0.717, 1.165) is 11.1 Å². The maximum absolute atomic E-state index is 12.6. The summed E-state index contributed by atoms with van der Waals surface area (Å²) in [4.78, 5) is 25.6. The van der Waals surface area contributed by atoms with Gasteiger partial charge in [0, 0.05) is 12.5 Å². The van der Waals surface area contributed by atoms with Crippen molar-refractivity contribution < 1.29 is 18.7 Å². The van der Waals surface area contributed by atoms with Crippen LogP contribution in [0.1, 0.15) is 36.9 Å². The molecule has 0 radical (unpaired) electrons. The number of carbonyl (C=O) groups excluding carboxylic acids is 2. The second-order valence-corrected chi connectivity index (χ2v) is 5.37. The van der Waals surface area contributed by atoms with Crippen molar-refractivity contribution in [1.29, 1.82) is 0 Å². The van der Waals surface area contributed by atoms with Gasteiger partial charge in [0.1, 0.15) is 5.92 Å². The van der Waals surface area contributed by atoms with Gasteiger partial charge in [0.15, 0.2) is 6.23 Å². The van der Waals surface area contributed by atoms with Gasteiger partial charge in [-0.05, 0) is 18.6 Å². The normalized spacial score (nSPS) is 22.1. The molecule has 0 saturated carbocycles. The third-order valence-corrected chi connectivity index (χ3v) is 3.97. The van der Waals surface area contributed by atoms with E-state index in [1.165, 1.54) is 19.5 Å². The Morgan fingerprint density at radius 1 is 1.27 bits per heavy atom. The van der Waals surface area contributed by atoms with Gasteiger partial charge >= 0.3 is 5.97 Å². The van der Waals surface area contributed by atoms with Crippen LogP contribution in [0.3, 0.4) is 0 Å². The number of hydrogen-bond acceptors (Lipinski definition) is 4. The molecule has 22 heavy (non-hydrogen) atoms. The van der Waals surface area contributed by atoms with Crippen molar-refractivity contribution in [3.8, 4) is 0 Å². The first kappa shape index (κ1) is 14.4. The maximum atomic E-state index is 12.6. The number of furan rings is 1. The minimum Gasteiger partial charge on any atom is -0.472 e. The van der Waals surface area contributed by atoms with Crippen molar-refractivity contribution in [3.63, 3.8) is 0 Å². The number of ether oxygens (including phenoxy) is 1. The first-order valence-electron chi connectivity index (χ1n) is 7.16. The van der Waals surface area contributed by atoms with Crippen LogP contribution in [-0.2, 0) is 14.3 Å². The molecular weight excluding hydrogens is 282 g/mol. The molecule has 3 unspecified atom stereocenters. The minimum atomic E-state index is -0.599. The molecule has 5 heteroatoms. The van der Waals surface area contributed by atoms with Gasteiger partial charge in [-0.3, -0.25) is 14.5 Å². The molecule has 0 bridgehead atoms. The summed E-state index contributed by atoms with van der Waals surface area (Å²) in [5.74, 6) is -0.964. The molecule has 0 aliphatic carbocycles. The Kier molecular flexibility index (Phi) is 3.71. The van der Waals surface area contributed by atoms with Gasteiger partial charge in [0.2, 0.25) is 5.91 Å². The van der Waals surface area contributed by atoms with Gasteiger partial charge < -0.3 is 9.15 Å². The van der Waals surface area contributed by atoms with Gasteiger partial charge in [-0.2, -0.15) is 0 Å². The third-order valence-electron chi connectivity index (χ3n) is 3.97. The van der Waals surface area contributed by atoms with Gasteiger partial charge in [0.05, 0.1) is 18.6 Å². The van der Waals surface area contributed by atoms with Crippen LogP contribution >= 0.6 is 0 Å². The Hall–Kier alpha value is -2.56. The fourth-order valence-corrected chi connectivity index (χ4v) is 2.84. The highest BCUT2D eigenvalue weighted by atomic mass is 16.6. The van der Waals surface area contributed by atoms with Crippen molar-refractivity contribution in [2.24, 2.45) is 0 Å². The first-order valence-corrected chi connectivity index (χ1v) is 7.16. The zero-order valence-corrected chi connectivity index (χ0v) is 12.4. The highest BCUT2D eigenvalue weighted by Crippen LogP contribution is 2.42. The highest BCUT2D eigenvalue weighted by molar-refractivity contribution is 5.91. The second-order valence-electron chi connectivity index (χ2n) is 5.37. The van der Waals surface area contributed by atoms with Crippen LogP contribution in [0.4, 0.5) is 0 Å². The standard InChI is InChI=1S/C17H17NO4/c1-11(13-6-4-3-5-7-13)18-16(20)15(14-8-9-21-10-14)17(18)22-12(2)19/h3-11,15,17H,1-2H3. The Morgan fingerprint density at radius 2 is 2.00 bits per heavy atom. The molecular formula is C17H17NO4. The van der Waals surface area contributed by atoms with E-state index < -0.39 is 18.1 Å². The summed E-state index contributed by atoms with van der Waals surface area (Å²) < 4.78 is 10.4. The lowest BCUT2D eigenvalue weighted by molar-refractivity contribution is -0.193. The van der Waals surface area contributed by atoms with Crippen LogP contribution in [0.25, 0.3) is 0 Å². The molecule has 1 aliphatic rings. The molecule has 114 valence electrons. The molecule has 1 amide bonds. The molecule has 2 heterocycles. The lowest BCUT2D eigenvalue weighted by atomic mass is 9.87. The molecule has 1 aromatic heterocycles. The average Bonchev–Trinajstić information content (AvgIpc) is 3.01. The number of β-lactam (4-membered cyclic amide) rings is 1. The summed E-state index contributed by atoms with van der Waals surface area (Å²) >= 11 is 0. The van der Waals surface area contributed by atoms with Gasteiger partial charge in [-0.25, -0.2) is 0 Å². The summed E-state index contributed by atoms with van der Waals surface area (Å²) in [6.45, 7) is 3.27. The van der Waals surface area contributed by atoms with Crippen molar-refractivity contribution >= 4 is 11.9 Å². The number of benzene rings is 1. The summed E-state index contributed by atoms with van der Waals surface area (Å²) in [5.41, 5.74) is 1.73. The van der Waals surface area contributed by atoms with Gasteiger partial charge in [-0.15, -0.1) is 0 Å². The number of hydrogen-bond donors (Lipinski definition) is 0. The van der Waals surface area contributed by atoms with Crippen molar-refractivity contribution in [2.75, 3.05) is 0 Å². The van der Waals surface area contributed by atoms with E-state index >= 15 is 0 Å². The van der Waals surface area contributed by atoms with Crippen LogP contribution in [0, 0.1) is 0 Å². The van der Waals surface area contributed by atoms with Crippen LogP contribution in [0.2, 0.25) is 0 Å². The van der Waals surface area contributed by atoms with Crippen LogP contribution in [0.15, 0.2) is 53.3 Å². The summed E-state index contributed by atoms with van der Waals surface area (Å²) in [5, 5.41) is 0. The number of likely N-dealkylation sites (tertiary alicyclic amines) is 1. The van der Waals surface area contributed by atoms with E-state index in [1.54, 1.807) is 11.0 Å². The fourth-order valence-electron chi connectivity index (χ4n) is 2.84. The van der Waals surface area contributed by atoms with E-state index in [4.69, 9.17) is 9.15 Å². The molecule has 1 aliphatic heterocycles. The maximum Gasteiger partial charge on any atom is 0.304 e. The molecule has 1 fully saturated rings. The van der Waals surface area contributed by atoms with Crippen LogP contribution in [0.5, 0.6) is 0 Å². The molecule has 2 aromatic rings. The van der Waals surface area contributed by atoms with Crippen molar-refractivity contribution in [3.05, 3.63) is 60.1 Å². The molecule has 1 saturated heterocycles. The second kappa shape index (κ2) is 5.67. The Morgan fingerprint density at radius 3 is 2.59 bits per heavy atom. The smallest absolute Gasteiger partial charge is 0.304 e. The zero-order chi connectivity index (χ0) is 15.7. The first-order chi connectivity index (χ1) is 10.6. The monoisotopic (exact) mass is 299 g/mol. The number of carbonyl (C=O) groups is 2. The largest absolute Gasteiger partial charge is 0.472 e. The Labute approximate surface area is 128 Å². The number of nitrogens with zero attached hydrogens (tertiary/aromatic N) is 1. The average molecular weight is 299 g/mol. The molecule has 0 N–H and O–H groups in total. The summed E-state index contributed by atoms with van der Waals surface area (Å²) in [7, 11) is 0. The van der Waals surface area contributed by atoms with E-state index in [9.17, 15) is 9.59 Å². The van der Waals surface area contributed by atoms with E-state index in [1.807, 2.05) is 37.3 Å². The van der Waals surface area contributed by atoms with E-state index in [-0.39, 0.29) is 11.9 Å². The van der Waals surface area contributed by atoms with E-state index in [0.29, 0.717) is 0 Å².